The zero-order chi connectivity index (χ0) is 13.8. The Morgan fingerprint density at radius 1 is 1.47 bits per heavy atom. The highest BCUT2D eigenvalue weighted by Gasteiger charge is 2.31. The Bertz CT molecular complexity index is 489. The second-order valence-corrected chi connectivity index (χ2v) is 4.70. The summed E-state index contributed by atoms with van der Waals surface area (Å²) >= 11 is 0. The highest BCUT2D eigenvalue weighted by atomic mass is 16.2. The fraction of sp³-hybridized carbons (Fsp3) is 0.538. The summed E-state index contributed by atoms with van der Waals surface area (Å²) in [5, 5.41) is 2.73. The Morgan fingerprint density at radius 2 is 2.26 bits per heavy atom. The molecule has 102 valence electrons. The number of rotatable bonds is 4. The summed E-state index contributed by atoms with van der Waals surface area (Å²) in [7, 11) is 0. The van der Waals surface area contributed by atoms with Crippen LogP contribution in [0.1, 0.15) is 31.3 Å². The molecule has 1 unspecified atom stereocenters. The molecule has 2 heterocycles. The van der Waals surface area contributed by atoms with Crippen molar-refractivity contribution in [3.63, 3.8) is 0 Å². The number of hydrogen-bond donors (Lipinski definition) is 1. The molecule has 1 fully saturated rings. The van der Waals surface area contributed by atoms with Gasteiger partial charge in [-0.15, -0.1) is 0 Å². The van der Waals surface area contributed by atoms with E-state index >= 15 is 0 Å². The van der Waals surface area contributed by atoms with E-state index in [9.17, 15) is 9.59 Å². The molecule has 2 amide bonds. The first-order chi connectivity index (χ1) is 9.10. The van der Waals surface area contributed by atoms with Gasteiger partial charge in [0.25, 0.3) is 0 Å². The van der Waals surface area contributed by atoms with Gasteiger partial charge in [-0.1, -0.05) is 13.3 Å². The van der Waals surface area contributed by atoms with E-state index < -0.39 is 6.04 Å². The standard InChI is InChI=1S/C13H18N4O2/c1-3-4-11-13(19)17(8-12(18)16-11)7-10-5-6-14-9(2)15-10/h5-6,11H,3-4,7-8H2,1-2H3,(H,16,18). The van der Waals surface area contributed by atoms with Gasteiger partial charge in [0, 0.05) is 6.20 Å². The number of aryl methyl sites for hydroxylation is 1. The third kappa shape index (κ3) is 3.27. The summed E-state index contributed by atoms with van der Waals surface area (Å²) in [6.07, 6.45) is 3.19. The van der Waals surface area contributed by atoms with Crippen molar-refractivity contribution in [1.82, 2.24) is 20.2 Å². The second kappa shape index (κ2) is 5.77. The molecule has 1 atom stereocenters. The van der Waals surface area contributed by atoms with Crippen LogP contribution in [0.4, 0.5) is 0 Å². The maximum atomic E-state index is 12.2. The molecule has 1 aliphatic heterocycles. The van der Waals surface area contributed by atoms with Crippen LogP contribution >= 0.6 is 0 Å². The van der Waals surface area contributed by atoms with E-state index in [0.717, 1.165) is 12.1 Å². The molecule has 1 aromatic rings. The SMILES string of the molecule is CCCC1NC(=O)CN(Cc2ccnc(C)n2)C1=O. The molecule has 6 heteroatoms. The minimum Gasteiger partial charge on any atom is -0.343 e. The van der Waals surface area contributed by atoms with Crippen LogP contribution in [0, 0.1) is 6.92 Å². The molecule has 19 heavy (non-hydrogen) atoms. The zero-order valence-corrected chi connectivity index (χ0v) is 11.2. The van der Waals surface area contributed by atoms with Crippen molar-refractivity contribution >= 4 is 11.8 Å². The van der Waals surface area contributed by atoms with Crippen LogP contribution < -0.4 is 5.32 Å². The van der Waals surface area contributed by atoms with Crippen LogP contribution in [0.25, 0.3) is 0 Å². The van der Waals surface area contributed by atoms with E-state index in [0.29, 0.717) is 18.8 Å². The first-order valence-electron chi connectivity index (χ1n) is 6.47. The number of aromatic nitrogens is 2. The molecule has 0 aromatic carbocycles. The van der Waals surface area contributed by atoms with Crippen LogP contribution in [0.3, 0.4) is 0 Å². The molecule has 0 bridgehead atoms. The van der Waals surface area contributed by atoms with Crippen molar-refractivity contribution in [2.75, 3.05) is 6.54 Å². The summed E-state index contributed by atoms with van der Waals surface area (Å²) in [6, 6.07) is 1.37. The van der Waals surface area contributed by atoms with Crippen LogP contribution in [0.2, 0.25) is 0 Å². The highest BCUT2D eigenvalue weighted by molar-refractivity contribution is 5.94. The predicted molar refractivity (Wildman–Crippen MR) is 69.0 cm³/mol. The number of piperazine rings is 1. The number of carbonyl (C=O) groups is 2. The molecular weight excluding hydrogens is 244 g/mol. The van der Waals surface area contributed by atoms with E-state index in [-0.39, 0.29) is 18.4 Å². The van der Waals surface area contributed by atoms with Gasteiger partial charge in [0.05, 0.1) is 12.2 Å². The molecule has 0 spiro atoms. The first-order valence-corrected chi connectivity index (χ1v) is 6.47. The van der Waals surface area contributed by atoms with Crippen molar-refractivity contribution in [2.24, 2.45) is 0 Å². The summed E-state index contributed by atoms with van der Waals surface area (Å²) < 4.78 is 0. The quantitative estimate of drug-likeness (QED) is 0.853. The summed E-state index contributed by atoms with van der Waals surface area (Å²) in [5.74, 6) is 0.526. The van der Waals surface area contributed by atoms with Gasteiger partial charge in [0.1, 0.15) is 18.4 Å². The Morgan fingerprint density at radius 3 is 2.95 bits per heavy atom. The molecular formula is C13H18N4O2. The van der Waals surface area contributed by atoms with Crippen molar-refractivity contribution in [3.8, 4) is 0 Å². The first kappa shape index (κ1) is 13.5. The maximum absolute atomic E-state index is 12.2. The monoisotopic (exact) mass is 262 g/mol. The molecule has 1 N–H and O–H groups in total. The molecule has 1 saturated heterocycles. The second-order valence-electron chi connectivity index (χ2n) is 4.70. The Hall–Kier alpha value is -1.98. The lowest BCUT2D eigenvalue weighted by Gasteiger charge is -2.32. The number of hydrogen-bond acceptors (Lipinski definition) is 4. The molecule has 1 aromatic heterocycles. The van der Waals surface area contributed by atoms with Gasteiger partial charge in [-0.3, -0.25) is 9.59 Å². The largest absolute Gasteiger partial charge is 0.343 e. The van der Waals surface area contributed by atoms with E-state index in [2.05, 4.69) is 15.3 Å². The fourth-order valence-electron chi connectivity index (χ4n) is 2.18. The number of nitrogens with zero attached hydrogens (tertiary/aromatic N) is 3. The molecule has 0 aliphatic carbocycles. The maximum Gasteiger partial charge on any atom is 0.245 e. The molecule has 1 aliphatic rings. The average Bonchev–Trinajstić information content (AvgIpc) is 2.35. The molecule has 0 saturated carbocycles. The predicted octanol–water partition coefficient (Wildman–Crippen LogP) is 0.412. The number of nitrogens with one attached hydrogen (secondary N) is 1. The average molecular weight is 262 g/mol. The lowest BCUT2D eigenvalue weighted by atomic mass is 10.1. The van der Waals surface area contributed by atoms with Gasteiger partial charge in [0.2, 0.25) is 11.8 Å². The number of carbonyl (C=O) groups excluding carboxylic acids is 2. The van der Waals surface area contributed by atoms with Crippen LogP contribution in [0.15, 0.2) is 12.3 Å². The Balaban J connectivity index is 2.10. The van der Waals surface area contributed by atoms with Crippen LogP contribution in [0.5, 0.6) is 0 Å². The summed E-state index contributed by atoms with van der Waals surface area (Å²) in [4.78, 5) is 33.7. The number of amides is 2. The van der Waals surface area contributed by atoms with Gasteiger partial charge < -0.3 is 10.2 Å². The minimum atomic E-state index is -0.394. The van der Waals surface area contributed by atoms with E-state index in [4.69, 9.17) is 0 Å². The van der Waals surface area contributed by atoms with E-state index in [1.807, 2.05) is 6.92 Å². The van der Waals surface area contributed by atoms with Gasteiger partial charge in [-0.25, -0.2) is 9.97 Å². The third-order valence-corrected chi connectivity index (χ3v) is 3.04. The minimum absolute atomic E-state index is 0.0299. The van der Waals surface area contributed by atoms with Crippen molar-refractivity contribution in [3.05, 3.63) is 23.8 Å². The Labute approximate surface area is 112 Å². The molecule has 0 radical (unpaired) electrons. The van der Waals surface area contributed by atoms with Gasteiger partial charge in [-0.2, -0.15) is 0 Å². The van der Waals surface area contributed by atoms with E-state index in [1.165, 1.54) is 0 Å². The topological polar surface area (TPSA) is 75.2 Å². The van der Waals surface area contributed by atoms with Crippen molar-refractivity contribution in [1.29, 1.82) is 0 Å². The van der Waals surface area contributed by atoms with Crippen LogP contribution in [-0.4, -0.2) is 39.3 Å². The van der Waals surface area contributed by atoms with Gasteiger partial charge in [0.15, 0.2) is 0 Å². The smallest absolute Gasteiger partial charge is 0.245 e. The fourth-order valence-corrected chi connectivity index (χ4v) is 2.18. The van der Waals surface area contributed by atoms with E-state index in [1.54, 1.807) is 24.1 Å². The lowest BCUT2D eigenvalue weighted by Crippen LogP contribution is -2.57. The zero-order valence-electron chi connectivity index (χ0n) is 11.2. The van der Waals surface area contributed by atoms with Crippen LogP contribution in [-0.2, 0) is 16.1 Å². The lowest BCUT2D eigenvalue weighted by molar-refractivity contribution is -0.145. The molecule has 2 rings (SSSR count). The summed E-state index contributed by atoms with van der Waals surface area (Å²) in [6.45, 7) is 4.25. The molecule has 6 nitrogen and oxygen atoms in total. The van der Waals surface area contributed by atoms with Gasteiger partial charge >= 0.3 is 0 Å². The van der Waals surface area contributed by atoms with Crippen molar-refractivity contribution < 1.29 is 9.59 Å². The van der Waals surface area contributed by atoms with Gasteiger partial charge in [-0.05, 0) is 19.4 Å². The highest BCUT2D eigenvalue weighted by Crippen LogP contribution is 2.11. The Kier molecular flexibility index (Phi) is 4.09. The third-order valence-electron chi connectivity index (χ3n) is 3.04. The normalized spacial score (nSPS) is 19.5. The summed E-state index contributed by atoms with van der Waals surface area (Å²) in [5.41, 5.74) is 0.755. The van der Waals surface area contributed by atoms with Crippen molar-refractivity contribution in [2.45, 2.75) is 39.3 Å².